The lowest BCUT2D eigenvalue weighted by atomic mass is 10.00. The van der Waals surface area contributed by atoms with Crippen LogP contribution in [0.15, 0.2) is 30.3 Å². The summed E-state index contributed by atoms with van der Waals surface area (Å²) in [6, 6.07) is 11.3. The van der Waals surface area contributed by atoms with Gasteiger partial charge >= 0.3 is 0 Å². The molecule has 1 saturated carbocycles. The maximum Gasteiger partial charge on any atom is 0.239 e. The fourth-order valence-electron chi connectivity index (χ4n) is 3.61. The SMILES string of the molecule is C[C@H](N)C(=O)N1CCCCC1CN(Cc1ccccc1)C1CC1. The summed E-state index contributed by atoms with van der Waals surface area (Å²) in [5, 5.41) is 0. The van der Waals surface area contributed by atoms with E-state index in [1.807, 2.05) is 0 Å². The topological polar surface area (TPSA) is 49.6 Å². The van der Waals surface area contributed by atoms with Gasteiger partial charge in [-0.3, -0.25) is 9.69 Å². The van der Waals surface area contributed by atoms with Crippen molar-refractivity contribution in [2.45, 2.75) is 63.7 Å². The van der Waals surface area contributed by atoms with Crippen molar-refractivity contribution in [2.75, 3.05) is 13.1 Å². The lowest BCUT2D eigenvalue weighted by Gasteiger charge is -2.39. The molecule has 0 spiro atoms. The maximum atomic E-state index is 12.4. The van der Waals surface area contributed by atoms with Crippen molar-refractivity contribution in [1.82, 2.24) is 9.80 Å². The number of likely N-dealkylation sites (tertiary alicyclic amines) is 1. The molecule has 1 aliphatic heterocycles. The number of hydrogen-bond acceptors (Lipinski definition) is 3. The Labute approximate surface area is 139 Å². The third-order valence-electron chi connectivity index (χ3n) is 5.04. The third kappa shape index (κ3) is 4.33. The van der Waals surface area contributed by atoms with E-state index in [0.717, 1.165) is 32.5 Å². The van der Waals surface area contributed by atoms with Gasteiger partial charge in [0.15, 0.2) is 0 Å². The molecular formula is C19H29N3O. The van der Waals surface area contributed by atoms with Gasteiger partial charge in [-0.1, -0.05) is 30.3 Å². The smallest absolute Gasteiger partial charge is 0.239 e. The van der Waals surface area contributed by atoms with E-state index in [2.05, 4.69) is 40.1 Å². The number of rotatable bonds is 6. The number of hydrogen-bond donors (Lipinski definition) is 1. The van der Waals surface area contributed by atoms with Crippen molar-refractivity contribution in [1.29, 1.82) is 0 Å². The first-order valence-electron chi connectivity index (χ1n) is 8.99. The Morgan fingerprint density at radius 1 is 1.26 bits per heavy atom. The average molecular weight is 315 g/mol. The number of carbonyl (C=O) groups is 1. The Morgan fingerprint density at radius 3 is 2.65 bits per heavy atom. The molecule has 1 unspecified atom stereocenters. The van der Waals surface area contributed by atoms with Gasteiger partial charge in [-0.25, -0.2) is 0 Å². The van der Waals surface area contributed by atoms with Crippen molar-refractivity contribution >= 4 is 5.91 Å². The quantitative estimate of drug-likeness (QED) is 0.877. The van der Waals surface area contributed by atoms with Crippen LogP contribution in [0.3, 0.4) is 0 Å². The fraction of sp³-hybridized carbons (Fsp3) is 0.632. The van der Waals surface area contributed by atoms with Crippen LogP contribution >= 0.6 is 0 Å². The minimum absolute atomic E-state index is 0.116. The van der Waals surface area contributed by atoms with Gasteiger partial charge in [0.1, 0.15) is 0 Å². The summed E-state index contributed by atoms with van der Waals surface area (Å²) in [5.41, 5.74) is 7.21. The van der Waals surface area contributed by atoms with Crippen molar-refractivity contribution in [3.63, 3.8) is 0 Å². The van der Waals surface area contributed by atoms with Crippen LogP contribution in [0.25, 0.3) is 0 Å². The van der Waals surface area contributed by atoms with Gasteiger partial charge in [0, 0.05) is 31.7 Å². The van der Waals surface area contributed by atoms with Crippen LogP contribution in [0.2, 0.25) is 0 Å². The maximum absolute atomic E-state index is 12.4. The van der Waals surface area contributed by atoms with E-state index in [1.165, 1.54) is 24.8 Å². The second-order valence-electron chi connectivity index (χ2n) is 7.12. The van der Waals surface area contributed by atoms with E-state index in [0.29, 0.717) is 12.1 Å². The Morgan fingerprint density at radius 2 is 2.00 bits per heavy atom. The number of amides is 1. The molecule has 0 bridgehead atoms. The molecule has 3 rings (SSSR count). The van der Waals surface area contributed by atoms with E-state index in [9.17, 15) is 4.79 Å². The number of nitrogens with zero attached hydrogens (tertiary/aromatic N) is 2. The number of carbonyl (C=O) groups excluding carboxylic acids is 1. The van der Waals surface area contributed by atoms with Gasteiger partial charge in [-0.15, -0.1) is 0 Å². The van der Waals surface area contributed by atoms with Crippen LogP contribution in [-0.4, -0.2) is 46.9 Å². The molecule has 1 aromatic rings. The predicted octanol–water partition coefficient (Wildman–Crippen LogP) is 2.38. The molecule has 1 heterocycles. The monoisotopic (exact) mass is 315 g/mol. The van der Waals surface area contributed by atoms with E-state index in [4.69, 9.17) is 5.73 Å². The summed E-state index contributed by atoms with van der Waals surface area (Å²) in [6.45, 7) is 4.64. The van der Waals surface area contributed by atoms with Crippen molar-refractivity contribution in [3.8, 4) is 0 Å². The molecule has 2 fully saturated rings. The lowest BCUT2D eigenvalue weighted by molar-refractivity contribution is -0.136. The van der Waals surface area contributed by atoms with Crippen LogP contribution in [0, 0.1) is 0 Å². The van der Waals surface area contributed by atoms with Crippen molar-refractivity contribution < 1.29 is 4.79 Å². The minimum Gasteiger partial charge on any atom is -0.337 e. The second kappa shape index (κ2) is 7.45. The van der Waals surface area contributed by atoms with Gasteiger partial charge in [0.25, 0.3) is 0 Å². The first-order chi connectivity index (χ1) is 11.1. The summed E-state index contributed by atoms with van der Waals surface area (Å²) < 4.78 is 0. The highest BCUT2D eigenvalue weighted by Gasteiger charge is 2.34. The molecule has 2 N–H and O–H groups in total. The van der Waals surface area contributed by atoms with Gasteiger partial charge in [0.2, 0.25) is 5.91 Å². The highest BCUT2D eigenvalue weighted by Crippen LogP contribution is 2.30. The molecule has 1 amide bonds. The first-order valence-corrected chi connectivity index (χ1v) is 8.99. The van der Waals surface area contributed by atoms with E-state index < -0.39 is 0 Å². The van der Waals surface area contributed by atoms with E-state index in [1.54, 1.807) is 6.92 Å². The fourth-order valence-corrected chi connectivity index (χ4v) is 3.61. The summed E-state index contributed by atoms with van der Waals surface area (Å²) >= 11 is 0. The second-order valence-corrected chi connectivity index (χ2v) is 7.12. The zero-order chi connectivity index (χ0) is 16.2. The zero-order valence-corrected chi connectivity index (χ0v) is 14.2. The molecule has 4 nitrogen and oxygen atoms in total. The van der Waals surface area contributed by atoms with Crippen molar-refractivity contribution in [3.05, 3.63) is 35.9 Å². The highest BCUT2D eigenvalue weighted by molar-refractivity contribution is 5.81. The first kappa shape index (κ1) is 16.5. The van der Waals surface area contributed by atoms with Crippen LogP contribution in [0.1, 0.15) is 44.6 Å². The molecule has 126 valence electrons. The third-order valence-corrected chi connectivity index (χ3v) is 5.04. The molecule has 4 heteroatoms. The standard InChI is InChI=1S/C19H29N3O/c1-15(20)19(23)22-12-6-5-9-18(22)14-21(17-10-11-17)13-16-7-3-2-4-8-16/h2-4,7-8,15,17-18H,5-6,9-14,20H2,1H3/t15-,18?/m0/s1. The number of nitrogens with two attached hydrogens (primary N) is 1. The van der Waals surface area contributed by atoms with E-state index in [-0.39, 0.29) is 11.9 Å². The summed E-state index contributed by atoms with van der Waals surface area (Å²) in [4.78, 5) is 17.0. The molecule has 0 radical (unpaired) electrons. The minimum atomic E-state index is -0.390. The van der Waals surface area contributed by atoms with Gasteiger partial charge in [-0.2, -0.15) is 0 Å². The Bertz CT molecular complexity index is 513. The average Bonchev–Trinajstić information content (AvgIpc) is 3.40. The van der Waals surface area contributed by atoms with E-state index >= 15 is 0 Å². The molecular weight excluding hydrogens is 286 g/mol. The van der Waals surface area contributed by atoms with Crippen LogP contribution < -0.4 is 5.73 Å². The summed E-state index contributed by atoms with van der Waals surface area (Å²) in [7, 11) is 0. The molecule has 1 aromatic carbocycles. The van der Waals surface area contributed by atoms with Crippen LogP contribution in [-0.2, 0) is 11.3 Å². The summed E-state index contributed by atoms with van der Waals surface area (Å²) in [5.74, 6) is 0.116. The Hall–Kier alpha value is -1.39. The summed E-state index contributed by atoms with van der Waals surface area (Å²) in [6.07, 6.45) is 6.02. The zero-order valence-electron chi connectivity index (χ0n) is 14.2. The Kier molecular flexibility index (Phi) is 5.34. The highest BCUT2D eigenvalue weighted by atomic mass is 16.2. The molecule has 1 aliphatic carbocycles. The predicted molar refractivity (Wildman–Crippen MR) is 92.9 cm³/mol. The van der Waals surface area contributed by atoms with Crippen LogP contribution in [0.4, 0.5) is 0 Å². The Balaban J connectivity index is 1.67. The molecule has 23 heavy (non-hydrogen) atoms. The van der Waals surface area contributed by atoms with Crippen LogP contribution in [0.5, 0.6) is 0 Å². The normalized spacial score (nSPS) is 23.1. The molecule has 2 aliphatic rings. The van der Waals surface area contributed by atoms with Gasteiger partial charge in [0.05, 0.1) is 6.04 Å². The van der Waals surface area contributed by atoms with Gasteiger partial charge in [-0.05, 0) is 44.6 Å². The lowest BCUT2D eigenvalue weighted by Crippen LogP contribution is -2.53. The van der Waals surface area contributed by atoms with Crippen molar-refractivity contribution in [2.24, 2.45) is 5.73 Å². The number of piperidine rings is 1. The van der Waals surface area contributed by atoms with Gasteiger partial charge < -0.3 is 10.6 Å². The number of benzene rings is 1. The molecule has 0 aromatic heterocycles. The largest absolute Gasteiger partial charge is 0.337 e. The molecule has 2 atom stereocenters. The molecule has 1 saturated heterocycles.